The van der Waals surface area contributed by atoms with Crippen LogP contribution in [-0.4, -0.2) is 36.2 Å². The van der Waals surface area contributed by atoms with Crippen LogP contribution in [-0.2, 0) is 24.8 Å². The first-order valence-corrected chi connectivity index (χ1v) is 8.31. The lowest BCUT2D eigenvalue weighted by Gasteiger charge is -2.07. The van der Waals surface area contributed by atoms with Crippen molar-refractivity contribution < 1.29 is 9.90 Å². The van der Waals surface area contributed by atoms with Gasteiger partial charge in [0.15, 0.2) is 10.8 Å². The first-order chi connectivity index (χ1) is 9.93. The fraction of sp³-hybridized carbons (Fsp3) is 0.462. The number of aliphatic carboxylic acids is 1. The Morgan fingerprint density at radius 3 is 2.81 bits per heavy atom. The van der Waals surface area contributed by atoms with E-state index in [0.29, 0.717) is 11.7 Å². The van der Waals surface area contributed by atoms with Gasteiger partial charge in [0.1, 0.15) is 5.52 Å². The van der Waals surface area contributed by atoms with Crippen molar-refractivity contribution in [2.24, 2.45) is 7.05 Å². The van der Waals surface area contributed by atoms with Crippen molar-refractivity contribution in [2.45, 2.75) is 31.5 Å². The Hall–Kier alpha value is -1.28. The number of halogens is 1. The highest BCUT2D eigenvalue weighted by molar-refractivity contribution is 9.11. The van der Waals surface area contributed by atoms with E-state index in [1.165, 1.54) is 11.8 Å². The van der Waals surface area contributed by atoms with E-state index in [9.17, 15) is 4.79 Å². The van der Waals surface area contributed by atoms with Gasteiger partial charge in [0.25, 0.3) is 0 Å². The van der Waals surface area contributed by atoms with Crippen LogP contribution >= 0.6 is 27.7 Å². The molecular formula is C13H17BrN4O2S. The van der Waals surface area contributed by atoms with Gasteiger partial charge in [-0.2, -0.15) is 5.10 Å². The number of aryl methyl sites for hydroxylation is 2. The van der Waals surface area contributed by atoms with Gasteiger partial charge in [0.2, 0.25) is 0 Å². The zero-order chi connectivity index (χ0) is 15.6. The number of carbonyl (C=O) groups is 1. The molecule has 6 nitrogen and oxygen atoms in total. The molecule has 0 aliphatic carbocycles. The van der Waals surface area contributed by atoms with Crippen molar-refractivity contribution in [2.75, 3.05) is 5.75 Å². The number of fused-ring (bicyclic) bond motifs is 1. The smallest absolute Gasteiger partial charge is 0.313 e. The van der Waals surface area contributed by atoms with Crippen molar-refractivity contribution >= 4 is 44.8 Å². The highest BCUT2D eigenvalue weighted by atomic mass is 79.9. The molecule has 2 aromatic rings. The van der Waals surface area contributed by atoms with Crippen LogP contribution in [0, 0.1) is 0 Å². The Bertz CT molecular complexity index is 692. The van der Waals surface area contributed by atoms with E-state index in [1.54, 1.807) is 4.68 Å². The zero-order valence-corrected chi connectivity index (χ0v) is 14.4. The van der Waals surface area contributed by atoms with Crippen LogP contribution in [0.5, 0.6) is 0 Å². The Morgan fingerprint density at radius 2 is 2.24 bits per heavy atom. The minimum Gasteiger partial charge on any atom is -0.481 e. The number of carboxylic acid groups (broad SMARTS) is 1. The maximum absolute atomic E-state index is 10.8. The number of carboxylic acids is 1. The molecule has 0 unspecified atom stereocenters. The molecule has 0 atom stereocenters. The van der Waals surface area contributed by atoms with Crippen molar-refractivity contribution in [1.29, 1.82) is 0 Å². The summed E-state index contributed by atoms with van der Waals surface area (Å²) >= 11 is 4.57. The van der Waals surface area contributed by atoms with E-state index < -0.39 is 5.97 Å². The van der Waals surface area contributed by atoms with E-state index in [4.69, 9.17) is 5.11 Å². The number of nitrogens with zero attached hydrogens (tertiary/aromatic N) is 4. The van der Waals surface area contributed by atoms with Gasteiger partial charge in [-0.25, -0.2) is 4.98 Å². The Morgan fingerprint density at radius 1 is 1.52 bits per heavy atom. The van der Waals surface area contributed by atoms with E-state index >= 15 is 0 Å². The molecule has 8 heteroatoms. The second-order valence-corrected chi connectivity index (χ2v) is 6.74. The molecular weight excluding hydrogens is 356 g/mol. The zero-order valence-electron chi connectivity index (χ0n) is 12.0. The summed E-state index contributed by atoms with van der Waals surface area (Å²) in [6.07, 6.45) is 1.84. The number of hydrogen-bond acceptors (Lipinski definition) is 4. The minimum atomic E-state index is -0.858. The van der Waals surface area contributed by atoms with Gasteiger partial charge in [-0.1, -0.05) is 47.6 Å². The van der Waals surface area contributed by atoms with Crippen LogP contribution in [0.3, 0.4) is 0 Å². The fourth-order valence-corrected chi connectivity index (χ4v) is 3.14. The number of imidazole rings is 1. The summed E-state index contributed by atoms with van der Waals surface area (Å²) in [4.78, 5) is 15.4. The van der Waals surface area contributed by atoms with E-state index in [0.717, 1.165) is 34.2 Å². The third kappa shape index (κ3) is 3.49. The lowest BCUT2D eigenvalue weighted by Crippen LogP contribution is -2.06. The maximum Gasteiger partial charge on any atom is 0.313 e. The maximum atomic E-state index is 10.8. The SMILES string of the molecule is C=C(Br)Cn1c(SCC(=O)O)nc2c(CCC)nn(C)c21. The van der Waals surface area contributed by atoms with Crippen LogP contribution in [0.2, 0.25) is 0 Å². The molecule has 0 bridgehead atoms. The third-order valence-corrected chi connectivity index (χ3v) is 4.11. The van der Waals surface area contributed by atoms with Gasteiger partial charge in [-0.15, -0.1) is 0 Å². The van der Waals surface area contributed by atoms with E-state index in [2.05, 4.69) is 39.5 Å². The Kier molecular flexibility index (Phi) is 5.10. The average Bonchev–Trinajstić information content (AvgIpc) is 2.87. The number of rotatable bonds is 7. The minimum absolute atomic E-state index is 0.0192. The summed E-state index contributed by atoms with van der Waals surface area (Å²) < 4.78 is 4.55. The molecule has 0 aliphatic heterocycles. The molecule has 0 amide bonds. The first-order valence-electron chi connectivity index (χ1n) is 6.54. The van der Waals surface area contributed by atoms with Gasteiger partial charge >= 0.3 is 5.97 Å². The van der Waals surface area contributed by atoms with Crippen molar-refractivity contribution in [3.63, 3.8) is 0 Å². The molecule has 1 N–H and O–H groups in total. The molecule has 0 fully saturated rings. The second-order valence-electron chi connectivity index (χ2n) is 4.67. The summed E-state index contributed by atoms with van der Waals surface area (Å²) in [5.74, 6) is -0.877. The van der Waals surface area contributed by atoms with Gasteiger partial charge in [-0.3, -0.25) is 14.0 Å². The summed E-state index contributed by atoms with van der Waals surface area (Å²) in [5, 5.41) is 14.0. The standard InChI is InChI=1S/C13H17BrN4O2S/c1-4-5-9-11-12(17(3)16-9)18(6-8(2)14)13(15-11)21-7-10(19)20/h2,4-7H2,1,3H3,(H,19,20). The van der Waals surface area contributed by atoms with Gasteiger partial charge in [0, 0.05) is 11.5 Å². The van der Waals surface area contributed by atoms with Crippen LogP contribution in [0.25, 0.3) is 11.2 Å². The van der Waals surface area contributed by atoms with E-state index in [1.807, 2.05) is 11.6 Å². The summed E-state index contributed by atoms with van der Waals surface area (Å²) in [6, 6.07) is 0. The predicted molar refractivity (Wildman–Crippen MR) is 86.9 cm³/mol. The number of aromatic nitrogens is 4. The summed E-state index contributed by atoms with van der Waals surface area (Å²) in [6.45, 7) is 6.49. The summed E-state index contributed by atoms with van der Waals surface area (Å²) in [7, 11) is 1.88. The molecule has 114 valence electrons. The Labute approximate surface area is 135 Å². The lowest BCUT2D eigenvalue weighted by atomic mass is 10.2. The molecule has 0 radical (unpaired) electrons. The first kappa shape index (κ1) is 16.1. The van der Waals surface area contributed by atoms with Gasteiger partial charge in [-0.05, 0) is 6.42 Å². The molecule has 2 rings (SSSR count). The molecule has 0 spiro atoms. The van der Waals surface area contributed by atoms with Gasteiger partial charge in [0.05, 0.1) is 18.0 Å². The van der Waals surface area contributed by atoms with E-state index in [-0.39, 0.29) is 5.75 Å². The van der Waals surface area contributed by atoms with Crippen LogP contribution in [0.15, 0.2) is 16.2 Å². The molecule has 21 heavy (non-hydrogen) atoms. The number of hydrogen-bond donors (Lipinski definition) is 1. The second kappa shape index (κ2) is 6.65. The molecule has 0 aromatic carbocycles. The highest BCUT2D eigenvalue weighted by Gasteiger charge is 2.20. The van der Waals surface area contributed by atoms with Gasteiger partial charge < -0.3 is 5.11 Å². The molecule has 2 aromatic heterocycles. The fourth-order valence-electron chi connectivity index (χ4n) is 2.18. The van der Waals surface area contributed by atoms with Crippen LogP contribution in [0.1, 0.15) is 19.0 Å². The molecule has 2 heterocycles. The quantitative estimate of drug-likeness (QED) is 0.756. The highest BCUT2D eigenvalue weighted by Crippen LogP contribution is 2.28. The normalized spacial score (nSPS) is 11.2. The summed E-state index contributed by atoms with van der Waals surface area (Å²) in [5.41, 5.74) is 2.69. The van der Waals surface area contributed by atoms with Crippen LogP contribution < -0.4 is 0 Å². The lowest BCUT2D eigenvalue weighted by molar-refractivity contribution is -0.133. The van der Waals surface area contributed by atoms with Crippen molar-refractivity contribution in [3.05, 3.63) is 16.8 Å². The molecule has 0 aliphatic rings. The van der Waals surface area contributed by atoms with Crippen LogP contribution in [0.4, 0.5) is 0 Å². The number of thioether (sulfide) groups is 1. The topological polar surface area (TPSA) is 72.9 Å². The largest absolute Gasteiger partial charge is 0.481 e. The monoisotopic (exact) mass is 372 g/mol. The third-order valence-electron chi connectivity index (χ3n) is 2.90. The molecule has 0 saturated carbocycles. The predicted octanol–water partition coefficient (Wildman–Crippen LogP) is 2.81. The van der Waals surface area contributed by atoms with Crippen molar-refractivity contribution in [3.8, 4) is 0 Å². The molecule has 0 saturated heterocycles. The van der Waals surface area contributed by atoms with Crippen molar-refractivity contribution in [1.82, 2.24) is 19.3 Å². The Balaban J connectivity index is 2.52. The number of allylic oxidation sites excluding steroid dienone is 1. The average molecular weight is 373 g/mol.